The zero-order valence-electron chi connectivity index (χ0n) is 9.77. The number of hydrazine groups is 1. The van der Waals surface area contributed by atoms with E-state index >= 15 is 0 Å². The molecule has 88 valence electrons. The molecule has 2 rings (SSSR count). The highest BCUT2D eigenvalue weighted by molar-refractivity contribution is 5.45. The summed E-state index contributed by atoms with van der Waals surface area (Å²) in [4.78, 5) is 10.6. The minimum absolute atomic E-state index is 0.826. The highest BCUT2D eigenvalue weighted by Crippen LogP contribution is 2.09. The van der Waals surface area contributed by atoms with Gasteiger partial charge in [-0.25, -0.2) is 15.0 Å². The molecule has 16 heavy (non-hydrogen) atoms. The van der Waals surface area contributed by atoms with Crippen molar-refractivity contribution in [2.45, 2.75) is 0 Å². The molecule has 0 spiro atoms. The molecule has 0 amide bonds. The fourth-order valence-electron chi connectivity index (χ4n) is 1.64. The van der Waals surface area contributed by atoms with Gasteiger partial charge in [-0.15, -0.1) is 0 Å². The summed E-state index contributed by atoms with van der Waals surface area (Å²) in [5, 5.41) is 5.18. The van der Waals surface area contributed by atoms with Crippen LogP contribution in [0.3, 0.4) is 0 Å². The number of piperazine rings is 1. The van der Waals surface area contributed by atoms with E-state index in [0.717, 1.165) is 37.8 Å². The van der Waals surface area contributed by atoms with Crippen LogP contribution in [0.25, 0.3) is 0 Å². The lowest BCUT2D eigenvalue weighted by molar-refractivity contribution is 0.178. The number of aromatic nitrogens is 2. The molecule has 6 heteroatoms. The lowest BCUT2D eigenvalue weighted by Gasteiger charge is -2.32. The number of likely N-dealkylation sites (N-methyl/N-ethyl adjacent to an activating group) is 1. The van der Waals surface area contributed by atoms with Crippen LogP contribution in [0.1, 0.15) is 0 Å². The van der Waals surface area contributed by atoms with E-state index in [9.17, 15) is 0 Å². The van der Waals surface area contributed by atoms with Gasteiger partial charge < -0.3 is 15.6 Å². The quantitative estimate of drug-likeness (QED) is 0.756. The fraction of sp³-hybridized carbons (Fsp3) is 0.600. The first-order valence-corrected chi connectivity index (χ1v) is 5.48. The average Bonchev–Trinajstić information content (AvgIpc) is 2.32. The Balaban J connectivity index is 1.93. The van der Waals surface area contributed by atoms with Crippen LogP contribution in [0, 0.1) is 0 Å². The van der Waals surface area contributed by atoms with Crippen molar-refractivity contribution in [2.75, 3.05) is 51.0 Å². The van der Waals surface area contributed by atoms with Gasteiger partial charge in [0.05, 0.1) is 0 Å². The number of rotatable bonds is 3. The highest BCUT2D eigenvalue weighted by atomic mass is 15.5. The van der Waals surface area contributed by atoms with Gasteiger partial charge in [-0.1, -0.05) is 0 Å². The van der Waals surface area contributed by atoms with Gasteiger partial charge in [-0.05, 0) is 7.05 Å². The third-order valence-electron chi connectivity index (χ3n) is 2.70. The molecular formula is C10H18N6. The first-order chi connectivity index (χ1) is 7.78. The predicted octanol–water partition coefficient (Wildman–Crippen LogP) is 0.0926. The average molecular weight is 222 g/mol. The van der Waals surface area contributed by atoms with Crippen LogP contribution in [-0.4, -0.2) is 60.2 Å². The normalized spacial score (nSPS) is 18.4. The Morgan fingerprint density at radius 2 is 1.81 bits per heavy atom. The molecule has 2 N–H and O–H groups in total. The zero-order chi connectivity index (χ0) is 11.4. The smallest absolute Gasteiger partial charge is 0.145 e. The van der Waals surface area contributed by atoms with E-state index in [1.165, 1.54) is 0 Å². The van der Waals surface area contributed by atoms with Gasteiger partial charge in [-0.3, -0.25) is 0 Å². The van der Waals surface area contributed by atoms with Crippen molar-refractivity contribution in [3.63, 3.8) is 0 Å². The Labute approximate surface area is 95.6 Å². The van der Waals surface area contributed by atoms with Crippen molar-refractivity contribution in [1.29, 1.82) is 0 Å². The van der Waals surface area contributed by atoms with Crippen LogP contribution >= 0.6 is 0 Å². The summed E-state index contributed by atoms with van der Waals surface area (Å²) < 4.78 is 0. The van der Waals surface area contributed by atoms with E-state index in [4.69, 9.17) is 0 Å². The molecule has 1 aliphatic rings. The van der Waals surface area contributed by atoms with E-state index in [-0.39, 0.29) is 0 Å². The molecular weight excluding hydrogens is 204 g/mol. The maximum absolute atomic E-state index is 4.18. The standard InChI is InChI=1S/C10H18N6/c1-11-9-7-10(13-8-12-9)14-16-5-3-15(2)4-6-16/h7-8H,3-6H2,1-2H3,(H2,11,12,13,14). The monoisotopic (exact) mass is 222 g/mol. The summed E-state index contributed by atoms with van der Waals surface area (Å²) in [5.41, 5.74) is 3.29. The van der Waals surface area contributed by atoms with Crippen molar-refractivity contribution < 1.29 is 0 Å². The molecule has 0 aliphatic carbocycles. The minimum atomic E-state index is 0.826. The fourth-order valence-corrected chi connectivity index (χ4v) is 1.64. The Bertz CT molecular complexity index is 334. The molecule has 0 saturated carbocycles. The van der Waals surface area contributed by atoms with Gasteiger partial charge in [0.25, 0.3) is 0 Å². The third kappa shape index (κ3) is 2.80. The summed E-state index contributed by atoms with van der Waals surface area (Å²) in [6, 6.07) is 1.90. The summed E-state index contributed by atoms with van der Waals surface area (Å²) >= 11 is 0. The molecule has 6 nitrogen and oxygen atoms in total. The van der Waals surface area contributed by atoms with E-state index in [2.05, 4.69) is 37.7 Å². The van der Waals surface area contributed by atoms with Gasteiger partial charge in [0.2, 0.25) is 0 Å². The van der Waals surface area contributed by atoms with Crippen molar-refractivity contribution >= 4 is 11.6 Å². The van der Waals surface area contributed by atoms with Gasteiger partial charge in [0.15, 0.2) is 0 Å². The molecule has 1 aromatic rings. The lowest BCUT2D eigenvalue weighted by atomic mass is 10.4. The van der Waals surface area contributed by atoms with Crippen LogP contribution in [0.15, 0.2) is 12.4 Å². The van der Waals surface area contributed by atoms with Crippen LogP contribution in [0.5, 0.6) is 0 Å². The summed E-state index contributed by atoms with van der Waals surface area (Å²) in [7, 11) is 3.99. The maximum atomic E-state index is 4.18. The van der Waals surface area contributed by atoms with E-state index < -0.39 is 0 Å². The maximum Gasteiger partial charge on any atom is 0.145 e. The Morgan fingerprint density at radius 1 is 1.12 bits per heavy atom. The second-order valence-corrected chi connectivity index (χ2v) is 3.94. The Kier molecular flexibility index (Phi) is 3.53. The summed E-state index contributed by atoms with van der Waals surface area (Å²) in [6.45, 7) is 4.18. The topological polar surface area (TPSA) is 56.3 Å². The largest absolute Gasteiger partial charge is 0.373 e. The highest BCUT2D eigenvalue weighted by Gasteiger charge is 2.13. The van der Waals surface area contributed by atoms with Crippen LogP contribution in [-0.2, 0) is 0 Å². The minimum Gasteiger partial charge on any atom is -0.373 e. The molecule has 2 heterocycles. The molecule has 0 bridgehead atoms. The Hall–Kier alpha value is -1.40. The molecule has 0 unspecified atom stereocenters. The lowest BCUT2D eigenvalue weighted by Crippen LogP contribution is -2.47. The van der Waals surface area contributed by atoms with Crippen LogP contribution in [0.2, 0.25) is 0 Å². The van der Waals surface area contributed by atoms with E-state index in [0.29, 0.717) is 0 Å². The van der Waals surface area contributed by atoms with Crippen molar-refractivity contribution in [3.05, 3.63) is 12.4 Å². The number of hydrogen-bond acceptors (Lipinski definition) is 6. The summed E-state index contributed by atoms with van der Waals surface area (Å²) in [6.07, 6.45) is 1.56. The molecule has 0 radical (unpaired) electrons. The Morgan fingerprint density at radius 3 is 2.50 bits per heavy atom. The summed E-state index contributed by atoms with van der Waals surface area (Å²) in [5.74, 6) is 1.66. The van der Waals surface area contributed by atoms with Gasteiger partial charge in [-0.2, -0.15) is 0 Å². The molecule has 0 aromatic carbocycles. The number of nitrogens with one attached hydrogen (secondary N) is 2. The molecule has 1 fully saturated rings. The van der Waals surface area contributed by atoms with Crippen molar-refractivity contribution in [2.24, 2.45) is 0 Å². The van der Waals surface area contributed by atoms with E-state index in [1.807, 2.05) is 13.1 Å². The number of hydrogen-bond donors (Lipinski definition) is 2. The predicted molar refractivity (Wildman–Crippen MR) is 64.3 cm³/mol. The zero-order valence-corrected chi connectivity index (χ0v) is 9.77. The molecule has 1 saturated heterocycles. The SMILES string of the molecule is CNc1cc(NN2CCN(C)CC2)ncn1. The number of anilines is 2. The van der Waals surface area contributed by atoms with Crippen LogP contribution in [0.4, 0.5) is 11.6 Å². The van der Waals surface area contributed by atoms with Crippen molar-refractivity contribution in [1.82, 2.24) is 19.9 Å². The second-order valence-electron chi connectivity index (χ2n) is 3.94. The number of nitrogens with zero attached hydrogens (tertiary/aromatic N) is 4. The third-order valence-corrected chi connectivity index (χ3v) is 2.70. The van der Waals surface area contributed by atoms with Crippen molar-refractivity contribution in [3.8, 4) is 0 Å². The van der Waals surface area contributed by atoms with Gasteiger partial charge in [0, 0.05) is 39.3 Å². The molecule has 1 aromatic heterocycles. The molecule has 0 atom stereocenters. The first kappa shape index (κ1) is 11.1. The second kappa shape index (κ2) is 5.09. The van der Waals surface area contributed by atoms with E-state index in [1.54, 1.807) is 6.33 Å². The first-order valence-electron chi connectivity index (χ1n) is 5.48. The van der Waals surface area contributed by atoms with Crippen LogP contribution < -0.4 is 10.7 Å². The van der Waals surface area contributed by atoms with Gasteiger partial charge >= 0.3 is 0 Å². The van der Waals surface area contributed by atoms with Gasteiger partial charge in [0.1, 0.15) is 18.0 Å². The molecule has 1 aliphatic heterocycles.